The third-order valence-electron chi connectivity index (χ3n) is 3.24. The van der Waals surface area contributed by atoms with Gasteiger partial charge in [-0.2, -0.15) is 4.99 Å². The summed E-state index contributed by atoms with van der Waals surface area (Å²) in [6.45, 7) is 3.92. The first-order valence-corrected chi connectivity index (χ1v) is 9.67. The molecule has 0 N–H and O–H groups in total. The van der Waals surface area contributed by atoms with Crippen LogP contribution in [-0.4, -0.2) is 23.7 Å². The second-order valence-corrected chi connectivity index (χ2v) is 7.61. The third kappa shape index (κ3) is 3.80. The topological polar surface area (TPSA) is 43.6 Å². The number of thiophene rings is 1. The van der Waals surface area contributed by atoms with Crippen molar-refractivity contribution < 1.29 is 9.53 Å². The molecule has 0 fully saturated rings. The Balaban J connectivity index is 2.06. The summed E-state index contributed by atoms with van der Waals surface area (Å²) in [5.74, 6) is -0.198. The SMILES string of the molecule is CCOCCn1c(=NC(=O)c2cccs2)sc2cc(Br)ccc21. The van der Waals surface area contributed by atoms with E-state index in [0.717, 1.165) is 14.7 Å². The average Bonchev–Trinajstić information content (AvgIpc) is 3.16. The molecule has 0 radical (unpaired) electrons. The molecule has 0 aliphatic carbocycles. The quantitative estimate of drug-likeness (QED) is 0.588. The number of carbonyl (C=O) groups is 1. The van der Waals surface area contributed by atoms with Crippen molar-refractivity contribution in [1.82, 2.24) is 4.57 Å². The first-order valence-electron chi connectivity index (χ1n) is 7.18. The molecule has 0 atom stereocenters. The zero-order chi connectivity index (χ0) is 16.2. The third-order valence-corrected chi connectivity index (χ3v) is 5.63. The monoisotopic (exact) mass is 410 g/mol. The molecule has 1 amide bonds. The largest absolute Gasteiger partial charge is 0.380 e. The average molecular weight is 411 g/mol. The van der Waals surface area contributed by atoms with Crippen LogP contribution in [0, 0.1) is 0 Å². The molecule has 0 unspecified atom stereocenters. The summed E-state index contributed by atoms with van der Waals surface area (Å²) < 4.78 is 9.62. The van der Waals surface area contributed by atoms with Gasteiger partial charge in [-0.1, -0.05) is 33.3 Å². The van der Waals surface area contributed by atoms with E-state index in [2.05, 4.69) is 20.9 Å². The molecule has 2 aromatic heterocycles. The van der Waals surface area contributed by atoms with Gasteiger partial charge in [-0.25, -0.2) is 0 Å². The fraction of sp³-hybridized carbons (Fsp3) is 0.250. The Morgan fingerprint density at radius 1 is 1.39 bits per heavy atom. The van der Waals surface area contributed by atoms with Crippen molar-refractivity contribution in [3.8, 4) is 0 Å². The summed E-state index contributed by atoms with van der Waals surface area (Å²) in [6.07, 6.45) is 0. The molecule has 120 valence electrons. The molecule has 0 saturated carbocycles. The van der Waals surface area contributed by atoms with Gasteiger partial charge in [0.25, 0.3) is 5.91 Å². The van der Waals surface area contributed by atoms with Crippen molar-refractivity contribution in [3.05, 3.63) is 49.9 Å². The highest BCUT2D eigenvalue weighted by atomic mass is 79.9. The molecule has 23 heavy (non-hydrogen) atoms. The van der Waals surface area contributed by atoms with Gasteiger partial charge < -0.3 is 9.30 Å². The van der Waals surface area contributed by atoms with Gasteiger partial charge in [0, 0.05) is 17.6 Å². The Morgan fingerprint density at radius 3 is 3.00 bits per heavy atom. The number of rotatable bonds is 5. The Kier molecular flexibility index (Phi) is 5.42. The van der Waals surface area contributed by atoms with Crippen LogP contribution < -0.4 is 4.80 Å². The minimum absolute atomic E-state index is 0.198. The lowest BCUT2D eigenvalue weighted by atomic mass is 10.3. The van der Waals surface area contributed by atoms with Crippen LogP contribution in [0.5, 0.6) is 0 Å². The highest BCUT2D eigenvalue weighted by Crippen LogP contribution is 2.22. The molecule has 2 heterocycles. The van der Waals surface area contributed by atoms with Crippen LogP contribution in [0.1, 0.15) is 16.6 Å². The minimum Gasteiger partial charge on any atom is -0.380 e. The number of halogens is 1. The van der Waals surface area contributed by atoms with Gasteiger partial charge in [0.2, 0.25) is 0 Å². The molecule has 0 bridgehead atoms. The molecule has 1 aromatic carbocycles. The van der Waals surface area contributed by atoms with Gasteiger partial charge in [-0.15, -0.1) is 11.3 Å². The van der Waals surface area contributed by atoms with E-state index in [1.807, 2.05) is 41.1 Å². The number of ether oxygens (including phenoxy) is 1. The van der Waals surface area contributed by atoms with Gasteiger partial charge in [0.15, 0.2) is 4.80 Å². The molecule has 4 nitrogen and oxygen atoms in total. The van der Waals surface area contributed by atoms with Crippen LogP contribution in [-0.2, 0) is 11.3 Å². The van der Waals surface area contributed by atoms with E-state index in [9.17, 15) is 4.79 Å². The van der Waals surface area contributed by atoms with Gasteiger partial charge in [-0.3, -0.25) is 4.79 Å². The minimum atomic E-state index is -0.198. The van der Waals surface area contributed by atoms with Crippen molar-refractivity contribution in [1.29, 1.82) is 0 Å². The number of benzene rings is 1. The second kappa shape index (κ2) is 7.53. The second-order valence-electron chi connectivity index (χ2n) is 4.74. The maximum atomic E-state index is 12.3. The summed E-state index contributed by atoms with van der Waals surface area (Å²) in [7, 11) is 0. The summed E-state index contributed by atoms with van der Waals surface area (Å²) in [4.78, 5) is 18.0. The lowest BCUT2D eigenvalue weighted by Crippen LogP contribution is -2.19. The number of aromatic nitrogens is 1. The Morgan fingerprint density at radius 2 is 2.26 bits per heavy atom. The van der Waals surface area contributed by atoms with Crippen molar-refractivity contribution in [3.63, 3.8) is 0 Å². The molecule has 3 aromatic rings. The molecule has 0 aliphatic rings. The highest BCUT2D eigenvalue weighted by Gasteiger charge is 2.10. The highest BCUT2D eigenvalue weighted by molar-refractivity contribution is 9.10. The smallest absolute Gasteiger partial charge is 0.289 e. The van der Waals surface area contributed by atoms with Crippen molar-refractivity contribution >= 4 is 54.7 Å². The van der Waals surface area contributed by atoms with E-state index in [0.29, 0.717) is 29.4 Å². The maximum Gasteiger partial charge on any atom is 0.289 e. The normalized spacial score (nSPS) is 12.2. The predicted octanol–water partition coefficient (Wildman–Crippen LogP) is 4.30. The number of amides is 1. The van der Waals surface area contributed by atoms with Crippen LogP contribution in [0.2, 0.25) is 0 Å². The Labute approximate surface area is 150 Å². The molecular formula is C16H15BrN2O2S2. The zero-order valence-electron chi connectivity index (χ0n) is 12.5. The van der Waals surface area contributed by atoms with Gasteiger partial charge in [-0.05, 0) is 36.6 Å². The van der Waals surface area contributed by atoms with E-state index in [1.54, 1.807) is 6.07 Å². The number of fused-ring (bicyclic) bond motifs is 1. The van der Waals surface area contributed by atoms with Crippen LogP contribution in [0.15, 0.2) is 45.2 Å². The van der Waals surface area contributed by atoms with E-state index in [1.165, 1.54) is 22.7 Å². The molecular weight excluding hydrogens is 396 g/mol. The number of hydrogen-bond acceptors (Lipinski definition) is 4. The van der Waals surface area contributed by atoms with Crippen LogP contribution in [0.3, 0.4) is 0 Å². The number of carbonyl (C=O) groups excluding carboxylic acids is 1. The fourth-order valence-electron chi connectivity index (χ4n) is 2.19. The summed E-state index contributed by atoms with van der Waals surface area (Å²) in [5, 5.41) is 1.88. The lowest BCUT2D eigenvalue weighted by Gasteiger charge is -2.05. The first-order chi connectivity index (χ1) is 11.2. The molecule has 0 saturated heterocycles. The van der Waals surface area contributed by atoms with Crippen molar-refractivity contribution in [2.24, 2.45) is 4.99 Å². The number of hydrogen-bond donors (Lipinski definition) is 0. The fourth-order valence-corrected chi connectivity index (χ4v) is 4.40. The summed E-state index contributed by atoms with van der Waals surface area (Å²) in [6, 6.07) is 9.74. The number of nitrogens with zero attached hydrogens (tertiary/aromatic N) is 2. The molecule has 7 heteroatoms. The van der Waals surface area contributed by atoms with E-state index >= 15 is 0 Å². The number of thiazole rings is 1. The molecule has 3 rings (SSSR count). The van der Waals surface area contributed by atoms with Gasteiger partial charge in [0.1, 0.15) is 0 Å². The first kappa shape index (κ1) is 16.6. The van der Waals surface area contributed by atoms with E-state index in [-0.39, 0.29) is 5.91 Å². The van der Waals surface area contributed by atoms with Crippen LogP contribution in [0.4, 0.5) is 0 Å². The molecule has 0 aliphatic heterocycles. The van der Waals surface area contributed by atoms with Crippen LogP contribution >= 0.6 is 38.6 Å². The van der Waals surface area contributed by atoms with E-state index < -0.39 is 0 Å². The molecule has 0 spiro atoms. The summed E-state index contributed by atoms with van der Waals surface area (Å²) >= 11 is 6.41. The predicted molar refractivity (Wildman–Crippen MR) is 98.2 cm³/mol. The summed E-state index contributed by atoms with van der Waals surface area (Å²) in [5.41, 5.74) is 1.07. The standard InChI is InChI=1S/C16H15BrN2O2S2/c1-2-21-8-7-19-12-6-5-11(17)10-14(12)23-16(19)18-15(20)13-4-3-9-22-13/h3-6,9-10H,2,7-8H2,1H3. The van der Waals surface area contributed by atoms with Crippen molar-refractivity contribution in [2.45, 2.75) is 13.5 Å². The zero-order valence-corrected chi connectivity index (χ0v) is 15.7. The van der Waals surface area contributed by atoms with E-state index in [4.69, 9.17) is 4.74 Å². The van der Waals surface area contributed by atoms with Crippen LogP contribution in [0.25, 0.3) is 10.2 Å². The van der Waals surface area contributed by atoms with Gasteiger partial charge in [0.05, 0.1) is 21.7 Å². The Bertz CT molecular complexity index is 881. The maximum absolute atomic E-state index is 12.3. The van der Waals surface area contributed by atoms with Crippen molar-refractivity contribution in [2.75, 3.05) is 13.2 Å². The Hall–Kier alpha value is -1.28. The lowest BCUT2D eigenvalue weighted by molar-refractivity contribution is 0.100. The van der Waals surface area contributed by atoms with Gasteiger partial charge >= 0.3 is 0 Å².